The third-order valence-electron chi connectivity index (χ3n) is 3.84. The van der Waals surface area contributed by atoms with E-state index in [1.165, 1.54) is 10.9 Å². The summed E-state index contributed by atoms with van der Waals surface area (Å²) in [5, 5.41) is 1.17. The van der Waals surface area contributed by atoms with Crippen molar-refractivity contribution in [2.24, 2.45) is 5.84 Å². The van der Waals surface area contributed by atoms with Gasteiger partial charge in [0.25, 0.3) is 0 Å². The Bertz CT molecular complexity index is 730. The molecule has 108 valence electrons. The van der Waals surface area contributed by atoms with Crippen molar-refractivity contribution in [1.29, 1.82) is 0 Å². The average molecular weight is 281 g/mol. The van der Waals surface area contributed by atoms with E-state index in [4.69, 9.17) is 10.3 Å². The number of nitrogens with one attached hydrogen (secondary N) is 1. The van der Waals surface area contributed by atoms with Crippen LogP contribution in [-0.4, -0.2) is 4.98 Å². The number of fused-ring (bicyclic) bond motifs is 1. The molecule has 2 aromatic heterocycles. The molecule has 0 saturated heterocycles. The molecule has 21 heavy (non-hydrogen) atoms. The average Bonchev–Trinajstić information content (AvgIpc) is 3.01. The number of rotatable bonds is 5. The van der Waals surface area contributed by atoms with Gasteiger partial charge in [0.05, 0.1) is 17.8 Å². The Labute approximate surface area is 124 Å². The molecule has 1 unspecified atom stereocenters. The number of aryl methyl sites for hydroxylation is 1. The molecule has 0 bridgehead atoms. The van der Waals surface area contributed by atoms with Crippen LogP contribution in [0.5, 0.6) is 0 Å². The van der Waals surface area contributed by atoms with Gasteiger partial charge in [-0.2, -0.15) is 0 Å². The van der Waals surface area contributed by atoms with Crippen LogP contribution in [0.2, 0.25) is 0 Å². The number of hydrogen-bond donors (Lipinski definition) is 2. The highest BCUT2D eigenvalue weighted by atomic mass is 16.3. The summed E-state index contributed by atoms with van der Waals surface area (Å²) in [6, 6.07) is 12.2. The van der Waals surface area contributed by atoms with Crippen molar-refractivity contribution in [3.05, 3.63) is 65.7 Å². The molecule has 1 aromatic carbocycles. The Balaban J connectivity index is 1.96. The van der Waals surface area contributed by atoms with Gasteiger partial charge in [0.15, 0.2) is 0 Å². The first-order valence-corrected chi connectivity index (χ1v) is 7.18. The second-order valence-corrected chi connectivity index (χ2v) is 5.06. The zero-order chi connectivity index (χ0) is 14.7. The van der Waals surface area contributed by atoms with E-state index in [9.17, 15) is 0 Å². The maximum absolute atomic E-state index is 5.77. The van der Waals surface area contributed by atoms with Gasteiger partial charge < -0.3 is 4.42 Å². The Hall–Kier alpha value is -2.17. The summed E-state index contributed by atoms with van der Waals surface area (Å²) in [5.41, 5.74) is 6.27. The predicted octanol–water partition coefficient (Wildman–Crippen LogP) is 3.14. The molecule has 4 nitrogen and oxygen atoms in total. The van der Waals surface area contributed by atoms with Crippen LogP contribution in [-0.2, 0) is 12.8 Å². The lowest BCUT2D eigenvalue weighted by molar-refractivity contribution is 0.487. The lowest BCUT2D eigenvalue weighted by Gasteiger charge is -2.17. The Morgan fingerprint density at radius 2 is 2.10 bits per heavy atom. The molecule has 0 radical (unpaired) electrons. The fraction of sp³-hybridized carbons (Fsp3) is 0.235. The van der Waals surface area contributed by atoms with Crippen molar-refractivity contribution in [3.63, 3.8) is 0 Å². The van der Waals surface area contributed by atoms with Gasteiger partial charge in [-0.1, -0.05) is 25.1 Å². The molecule has 4 heteroatoms. The maximum Gasteiger partial charge on any atom is 0.108 e. The van der Waals surface area contributed by atoms with E-state index in [0.717, 1.165) is 29.7 Å². The number of pyridine rings is 1. The van der Waals surface area contributed by atoms with Crippen LogP contribution in [0.4, 0.5) is 0 Å². The van der Waals surface area contributed by atoms with Gasteiger partial charge in [-0.05, 0) is 30.2 Å². The van der Waals surface area contributed by atoms with Crippen LogP contribution in [0.15, 0.2) is 53.3 Å². The van der Waals surface area contributed by atoms with E-state index in [-0.39, 0.29) is 6.04 Å². The zero-order valence-electron chi connectivity index (χ0n) is 12.0. The number of nitrogens with two attached hydrogens (primary N) is 1. The Morgan fingerprint density at radius 3 is 2.90 bits per heavy atom. The number of para-hydroxylation sites is 1. The number of hydrogen-bond acceptors (Lipinski definition) is 4. The summed E-state index contributed by atoms with van der Waals surface area (Å²) in [6.07, 6.45) is 5.23. The smallest absolute Gasteiger partial charge is 0.108 e. The molecule has 3 aromatic rings. The van der Waals surface area contributed by atoms with Crippen molar-refractivity contribution in [2.75, 3.05) is 0 Å². The number of nitrogens with zero attached hydrogens (tertiary/aromatic N) is 1. The summed E-state index contributed by atoms with van der Waals surface area (Å²) in [4.78, 5) is 4.40. The van der Waals surface area contributed by atoms with Crippen molar-refractivity contribution >= 4 is 10.9 Å². The number of furan rings is 1. The molecular formula is C17H19N3O. The molecule has 0 saturated carbocycles. The van der Waals surface area contributed by atoms with Crippen LogP contribution in [0.3, 0.4) is 0 Å². The van der Waals surface area contributed by atoms with Gasteiger partial charge in [0.2, 0.25) is 0 Å². The van der Waals surface area contributed by atoms with E-state index in [1.54, 1.807) is 6.26 Å². The summed E-state index contributed by atoms with van der Waals surface area (Å²) < 4.78 is 5.51. The van der Waals surface area contributed by atoms with Crippen molar-refractivity contribution < 1.29 is 4.42 Å². The normalized spacial score (nSPS) is 12.7. The minimum absolute atomic E-state index is 0.0320. The van der Waals surface area contributed by atoms with Gasteiger partial charge in [-0.3, -0.25) is 16.3 Å². The molecule has 3 rings (SSSR count). The van der Waals surface area contributed by atoms with Crippen LogP contribution >= 0.6 is 0 Å². The molecule has 0 spiro atoms. The van der Waals surface area contributed by atoms with E-state index in [0.29, 0.717) is 0 Å². The quantitative estimate of drug-likeness (QED) is 0.557. The first-order valence-electron chi connectivity index (χ1n) is 7.18. The number of benzene rings is 1. The highest BCUT2D eigenvalue weighted by Gasteiger charge is 2.17. The minimum Gasteiger partial charge on any atom is -0.469 e. The van der Waals surface area contributed by atoms with E-state index >= 15 is 0 Å². The number of hydrazine groups is 1. The lowest BCUT2D eigenvalue weighted by Crippen LogP contribution is -2.30. The topological polar surface area (TPSA) is 64.1 Å². The molecule has 2 heterocycles. The Morgan fingerprint density at radius 1 is 1.24 bits per heavy atom. The molecule has 0 amide bonds. The largest absolute Gasteiger partial charge is 0.469 e. The summed E-state index contributed by atoms with van der Waals surface area (Å²) >= 11 is 0. The van der Waals surface area contributed by atoms with E-state index in [2.05, 4.69) is 29.5 Å². The zero-order valence-corrected chi connectivity index (χ0v) is 12.0. The monoisotopic (exact) mass is 281 g/mol. The first-order chi connectivity index (χ1) is 10.3. The fourth-order valence-corrected chi connectivity index (χ4v) is 2.76. The molecule has 3 N–H and O–H groups in total. The maximum atomic E-state index is 5.77. The number of aromatic nitrogens is 1. The lowest BCUT2D eigenvalue weighted by atomic mass is 9.97. The molecule has 0 aliphatic carbocycles. The molecule has 0 fully saturated rings. The minimum atomic E-state index is 0.0320. The van der Waals surface area contributed by atoms with E-state index < -0.39 is 0 Å². The van der Waals surface area contributed by atoms with Crippen LogP contribution in [0, 0.1) is 0 Å². The summed E-state index contributed by atoms with van der Waals surface area (Å²) in [7, 11) is 0. The first kappa shape index (κ1) is 13.8. The van der Waals surface area contributed by atoms with Gasteiger partial charge in [-0.25, -0.2) is 0 Å². The third kappa shape index (κ3) is 2.68. The van der Waals surface area contributed by atoms with Crippen molar-refractivity contribution in [2.45, 2.75) is 25.8 Å². The van der Waals surface area contributed by atoms with E-state index in [1.807, 2.05) is 30.5 Å². The van der Waals surface area contributed by atoms with Crippen molar-refractivity contribution in [3.8, 4) is 0 Å². The standard InChI is InChI=1S/C17H19N3O/c1-2-17-14(8-10-21-17)16(20-18)11-12-7-9-19-15-6-4-3-5-13(12)15/h3-10,16,20H,2,11,18H2,1H3. The van der Waals surface area contributed by atoms with Gasteiger partial charge in [-0.15, -0.1) is 0 Å². The summed E-state index contributed by atoms with van der Waals surface area (Å²) in [5.74, 6) is 6.75. The van der Waals surface area contributed by atoms with Crippen LogP contribution in [0.1, 0.15) is 29.9 Å². The molecular weight excluding hydrogens is 262 g/mol. The highest BCUT2D eigenvalue weighted by molar-refractivity contribution is 5.81. The molecule has 1 atom stereocenters. The summed E-state index contributed by atoms with van der Waals surface area (Å²) in [6.45, 7) is 2.08. The third-order valence-corrected chi connectivity index (χ3v) is 3.84. The van der Waals surface area contributed by atoms with Crippen LogP contribution < -0.4 is 11.3 Å². The second-order valence-electron chi connectivity index (χ2n) is 5.06. The molecule has 0 aliphatic heterocycles. The Kier molecular flexibility index (Phi) is 3.99. The van der Waals surface area contributed by atoms with Crippen molar-refractivity contribution in [1.82, 2.24) is 10.4 Å². The van der Waals surface area contributed by atoms with Gasteiger partial charge in [0, 0.05) is 23.6 Å². The highest BCUT2D eigenvalue weighted by Crippen LogP contribution is 2.26. The van der Waals surface area contributed by atoms with Gasteiger partial charge in [0.1, 0.15) is 5.76 Å². The SMILES string of the molecule is CCc1occc1C(Cc1ccnc2ccccc12)NN. The second kappa shape index (κ2) is 6.08. The predicted molar refractivity (Wildman–Crippen MR) is 83.6 cm³/mol. The van der Waals surface area contributed by atoms with Gasteiger partial charge >= 0.3 is 0 Å². The van der Waals surface area contributed by atoms with Crippen LogP contribution in [0.25, 0.3) is 10.9 Å². The molecule has 0 aliphatic rings. The fourth-order valence-electron chi connectivity index (χ4n) is 2.76.